The molecule has 6 heteroatoms. The average Bonchev–Trinajstić information content (AvgIpc) is 2.32. The fraction of sp³-hybridized carbons (Fsp3) is 0.385. The Morgan fingerprint density at radius 3 is 2.42 bits per heavy atom. The van der Waals surface area contributed by atoms with Crippen molar-refractivity contribution in [1.29, 1.82) is 0 Å². The highest BCUT2D eigenvalue weighted by Crippen LogP contribution is 2.15. The standard InChI is InChI=1S/C13H18N2O4/c1-8-3-9(2)5-10(4-8)19-7-12(17)15-6-11(16)13(14)18/h3-5,11,16H,6-7H2,1-2H3,(H2,14,18)(H,15,17). The zero-order valence-corrected chi connectivity index (χ0v) is 11.0. The molecule has 0 saturated heterocycles. The summed E-state index contributed by atoms with van der Waals surface area (Å²) in [5.74, 6) is -0.710. The largest absolute Gasteiger partial charge is 0.484 e. The van der Waals surface area contributed by atoms with E-state index in [0.717, 1.165) is 11.1 Å². The number of amides is 2. The van der Waals surface area contributed by atoms with Gasteiger partial charge in [0.1, 0.15) is 11.9 Å². The van der Waals surface area contributed by atoms with Gasteiger partial charge < -0.3 is 20.9 Å². The summed E-state index contributed by atoms with van der Waals surface area (Å²) in [6.45, 7) is 3.46. The van der Waals surface area contributed by atoms with Gasteiger partial charge in [-0.25, -0.2) is 0 Å². The number of ether oxygens (including phenoxy) is 1. The van der Waals surface area contributed by atoms with Crippen LogP contribution in [0.3, 0.4) is 0 Å². The molecule has 0 spiro atoms. The molecule has 0 radical (unpaired) electrons. The topological polar surface area (TPSA) is 102 Å². The number of carbonyl (C=O) groups is 2. The smallest absolute Gasteiger partial charge is 0.258 e. The molecule has 0 aliphatic rings. The monoisotopic (exact) mass is 266 g/mol. The molecule has 4 N–H and O–H groups in total. The molecule has 0 heterocycles. The van der Waals surface area contributed by atoms with Crippen molar-refractivity contribution < 1.29 is 19.4 Å². The minimum Gasteiger partial charge on any atom is -0.484 e. The Kier molecular flexibility index (Phi) is 5.32. The molecular formula is C13H18N2O4. The van der Waals surface area contributed by atoms with Crippen LogP contribution in [0.4, 0.5) is 0 Å². The van der Waals surface area contributed by atoms with Gasteiger partial charge in [-0.1, -0.05) is 6.07 Å². The van der Waals surface area contributed by atoms with Crippen LogP contribution in [0.15, 0.2) is 18.2 Å². The lowest BCUT2D eigenvalue weighted by Gasteiger charge is -2.10. The molecule has 0 fully saturated rings. The van der Waals surface area contributed by atoms with Crippen LogP contribution in [0.5, 0.6) is 5.75 Å². The number of nitrogens with two attached hydrogens (primary N) is 1. The Morgan fingerprint density at radius 2 is 1.89 bits per heavy atom. The van der Waals surface area contributed by atoms with E-state index in [9.17, 15) is 9.59 Å². The molecule has 1 unspecified atom stereocenters. The molecule has 0 bridgehead atoms. The number of nitrogens with one attached hydrogen (secondary N) is 1. The number of aliphatic hydroxyl groups is 1. The van der Waals surface area contributed by atoms with Gasteiger partial charge in [-0.15, -0.1) is 0 Å². The van der Waals surface area contributed by atoms with E-state index in [1.807, 2.05) is 32.0 Å². The van der Waals surface area contributed by atoms with Gasteiger partial charge in [0, 0.05) is 0 Å². The first kappa shape index (κ1) is 15.0. The van der Waals surface area contributed by atoms with Gasteiger partial charge in [0.25, 0.3) is 5.91 Å². The first-order chi connectivity index (χ1) is 8.88. The second-order valence-electron chi connectivity index (χ2n) is 4.33. The van der Waals surface area contributed by atoms with E-state index >= 15 is 0 Å². The van der Waals surface area contributed by atoms with Gasteiger partial charge >= 0.3 is 0 Å². The lowest BCUT2D eigenvalue weighted by Crippen LogP contribution is -2.41. The predicted octanol–water partition coefficient (Wildman–Crippen LogP) is -0.355. The summed E-state index contributed by atoms with van der Waals surface area (Å²) in [5, 5.41) is 11.5. The van der Waals surface area contributed by atoms with Crippen molar-refractivity contribution in [3.8, 4) is 5.75 Å². The molecule has 19 heavy (non-hydrogen) atoms. The van der Waals surface area contributed by atoms with Crippen LogP contribution in [-0.4, -0.2) is 36.2 Å². The van der Waals surface area contributed by atoms with Crippen molar-refractivity contribution in [2.45, 2.75) is 20.0 Å². The highest BCUT2D eigenvalue weighted by Gasteiger charge is 2.12. The second-order valence-corrected chi connectivity index (χ2v) is 4.33. The van der Waals surface area contributed by atoms with Gasteiger partial charge in [0.15, 0.2) is 6.61 Å². The number of rotatable bonds is 6. The fourth-order valence-electron chi connectivity index (χ4n) is 1.53. The van der Waals surface area contributed by atoms with E-state index in [-0.39, 0.29) is 13.2 Å². The predicted molar refractivity (Wildman–Crippen MR) is 69.6 cm³/mol. The second kappa shape index (κ2) is 6.75. The Hall–Kier alpha value is -2.08. The van der Waals surface area contributed by atoms with E-state index in [1.165, 1.54) is 0 Å². The molecule has 1 aromatic rings. The third-order valence-corrected chi connectivity index (χ3v) is 2.39. The molecule has 6 nitrogen and oxygen atoms in total. The molecule has 2 amide bonds. The van der Waals surface area contributed by atoms with Crippen molar-refractivity contribution in [3.05, 3.63) is 29.3 Å². The Morgan fingerprint density at radius 1 is 1.32 bits per heavy atom. The summed E-state index contributed by atoms with van der Waals surface area (Å²) in [6, 6.07) is 5.63. The molecule has 0 aliphatic heterocycles. The van der Waals surface area contributed by atoms with Crippen molar-refractivity contribution in [3.63, 3.8) is 0 Å². The van der Waals surface area contributed by atoms with Gasteiger partial charge in [0.2, 0.25) is 5.91 Å². The number of primary amides is 1. The minimum absolute atomic E-state index is 0.186. The van der Waals surface area contributed by atoms with Crippen LogP contribution in [0.25, 0.3) is 0 Å². The Labute approximate surface area is 111 Å². The molecule has 0 saturated carbocycles. The van der Waals surface area contributed by atoms with Crippen LogP contribution in [0, 0.1) is 13.8 Å². The number of carbonyl (C=O) groups excluding carboxylic acids is 2. The number of hydrogen-bond acceptors (Lipinski definition) is 4. The van der Waals surface area contributed by atoms with E-state index < -0.39 is 17.9 Å². The quantitative estimate of drug-likeness (QED) is 0.654. The van der Waals surface area contributed by atoms with Crippen molar-refractivity contribution in [2.24, 2.45) is 5.73 Å². The first-order valence-electron chi connectivity index (χ1n) is 5.83. The van der Waals surface area contributed by atoms with E-state index in [4.69, 9.17) is 15.6 Å². The highest BCUT2D eigenvalue weighted by atomic mass is 16.5. The molecule has 1 atom stereocenters. The van der Waals surface area contributed by atoms with Crippen molar-refractivity contribution >= 4 is 11.8 Å². The molecule has 1 rings (SSSR count). The number of hydrogen-bond donors (Lipinski definition) is 3. The maximum Gasteiger partial charge on any atom is 0.258 e. The van der Waals surface area contributed by atoms with Crippen LogP contribution in [0.1, 0.15) is 11.1 Å². The normalized spacial score (nSPS) is 11.7. The third kappa shape index (κ3) is 5.39. The molecule has 104 valence electrons. The average molecular weight is 266 g/mol. The first-order valence-corrected chi connectivity index (χ1v) is 5.83. The van der Waals surface area contributed by atoms with Gasteiger partial charge in [-0.05, 0) is 37.1 Å². The molecule has 0 aliphatic carbocycles. The number of aliphatic hydroxyl groups excluding tert-OH is 1. The summed E-state index contributed by atoms with van der Waals surface area (Å²) in [6.07, 6.45) is -1.38. The third-order valence-electron chi connectivity index (χ3n) is 2.39. The lowest BCUT2D eigenvalue weighted by atomic mass is 10.1. The van der Waals surface area contributed by atoms with E-state index in [0.29, 0.717) is 5.75 Å². The maximum absolute atomic E-state index is 11.4. The highest BCUT2D eigenvalue weighted by molar-refractivity contribution is 5.81. The maximum atomic E-state index is 11.4. The van der Waals surface area contributed by atoms with Crippen LogP contribution in [0.2, 0.25) is 0 Å². The summed E-state index contributed by atoms with van der Waals surface area (Å²) < 4.78 is 5.31. The summed E-state index contributed by atoms with van der Waals surface area (Å²) >= 11 is 0. The minimum atomic E-state index is -1.38. The van der Waals surface area contributed by atoms with Crippen molar-refractivity contribution in [1.82, 2.24) is 5.32 Å². The van der Waals surface area contributed by atoms with Crippen LogP contribution < -0.4 is 15.8 Å². The number of benzene rings is 1. The van der Waals surface area contributed by atoms with E-state index in [2.05, 4.69) is 5.32 Å². The molecular weight excluding hydrogens is 248 g/mol. The fourth-order valence-corrected chi connectivity index (χ4v) is 1.53. The molecule has 0 aromatic heterocycles. The van der Waals surface area contributed by atoms with Crippen LogP contribution >= 0.6 is 0 Å². The lowest BCUT2D eigenvalue weighted by molar-refractivity contribution is -0.127. The zero-order valence-electron chi connectivity index (χ0n) is 11.0. The SMILES string of the molecule is Cc1cc(C)cc(OCC(=O)NCC(O)C(N)=O)c1. The Balaban J connectivity index is 2.39. The van der Waals surface area contributed by atoms with Gasteiger partial charge in [0.05, 0.1) is 6.54 Å². The zero-order chi connectivity index (χ0) is 14.4. The Bertz CT molecular complexity index is 453. The summed E-state index contributed by atoms with van der Waals surface area (Å²) in [4.78, 5) is 22.0. The summed E-state index contributed by atoms with van der Waals surface area (Å²) in [5.41, 5.74) is 6.93. The van der Waals surface area contributed by atoms with Crippen molar-refractivity contribution in [2.75, 3.05) is 13.2 Å². The van der Waals surface area contributed by atoms with E-state index in [1.54, 1.807) is 0 Å². The van der Waals surface area contributed by atoms with Crippen LogP contribution in [-0.2, 0) is 9.59 Å². The van der Waals surface area contributed by atoms with Gasteiger partial charge in [-0.3, -0.25) is 9.59 Å². The summed E-state index contributed by atoms with van der Waals surface area (Å²) in [7, 11) is 0. The van der Waals surface area contributed by atoms with Gasteiger partial charge in [-0.2, -0.15) is 0 Å². The molecule has 1 aromatic carbocycles. The number of aryl methyl sites for hydroxylation is 2.